The molecule has 1 fully saturated rings. The largest absolute Gasteiger partial charge is 0.317 e. The summed E-state index contributed by atoms with van der Waals surface area (Å²) in [6, 6.07) is 1.82. The summed E-state index contributed by atoms with van der Waals surface area (Å²) in [5.41, 5.74) is 3.35. The molecule has 0 aliphatic carbocycles. The van der Waals surface area contributed by atoms with Crippen LogP contribution in [0.1, 0.15) is 38.7 Å². The van der Waals surface area contributed by atoms with Crippen molar-refractivity contribution in [1.82, 2.24) is 25.7 Å². The third-order valence-electron chi connectivity index (χ3n) is 3.46. The van der Waals surface area contributed by atoms with Crippen LogP contribution in [0.2, 0.25) is 0 Å². The molecular weight excluding hydrogens is 252 g/mol. The third kappa shape index (κ3) is 3.32. The Hall–Kier alpha value is -1.53. The molecule has 0 radical (unpaired) electrons. The maximum atomic E-state index is 4.74. The van der Waals surface area contributed by atoms with Gasteiger partial charge in [-0.3, -0.25) is 0 Å². The molecule has 0 spiro atoms. The molecule has 1 atom stereocenters. The average Bonchev–Trinajstić information content (AvgIpc) is 2.93. The minimum atomic E-state index is -0.101. The van der Waals surface area contributed by atoms with Gasteiger partial charge in [0.05, 0.1) is 0 Å². The van der Waals surface area contributed by atoms with Crippen molar-refractivity contribution in [2.45, 2.75) is 32.9 Å². The lowest BCUT2D eigenvalue weighted by Crippen LogP contribution is -2.41. The zero-order valence-electron chi connectivity index (χ0n) is 12.5. The zero-order chi connectivity index (χ0) is 14.4. The van der Waals surface area contributed by atoms with Crippen LogP contribution in [0.3, 0.4) is 0 Å². The highest BCUT2D eigenvalue weighted by atomic mass is 15.6. The molecule has 3 heterocycles. The second-order valence-electron chi connectivity index (χ2n) is 4.74. The summed E-state index contributed by atoms with van der Waals surface area (Å²) in [5.74, 6) is 2.36. The fourth-order valence-corrected chi connectivity index (χ4v) is 2.46. The van der Waals surface area contributed by atoms with Gasteiger partial charge in [0.15, 0.2) is 12.0 Å². The van der Waals surface area contributed by atoms with Crippen molar-refractivity contribution in [3.8, 4) is 0 Å². The Morgan fingerprint density at radius 1 is 1.15 bits per heavy atom. The van der Waals surface area contributed by atoms with Gasteiger partial charge in [-0.2, -0.15) is 5.01 Å². The summed E-state index contributed by atoms with van der Waals surface area (Å²) in [7, 11) is 1.98. The number of hydrogen-bond acceptors (Lipinski definition) is 6. The molecule has 6 heteroatoms. The van der Waals surface area contributed by atoms with E-state index in [1.54, 1.807) is 12.4 Å². The number of hydrogen-bond donors (Lipinski definition) is 2. The van der Waals surface area contributed by atoms with Crippen molar-refractivity contribution in [3.05, 3.63) is 24.3 Å². The third-order valence-corrected chi connectivity index (χ3v) is 3.46. The second-order valence-corrected chi connectivity index (χ2v) is 4.74. The number of rotatable bonds is 2. The maximum Gasteiger partial charge on any atom is 0.180 e. The van der Waals surface area contributed by atoms with Crippen molar-refractivity contribution in [3.63, 3.8) is 0 Å². The van der Waals surface area contributed by atoms with Crippen LogP contribution in [0.4, 0.5) is 0 Å². The van der Waals surface area contributed by atoms with E-state index in [1.807, 2.05) is 32.0 Å². The molecule has 0 bridgehead atoms. The van der Waals surface area contributed by atoms with Gasteiger partial charge in [-0.25, -0.2) is 15.0 Å². The van der Waals surface area contributed by atoms with Crippen molar-refractivity contribution in [2.24, 2.45) is 10.9 Å². The van der Waals surface area contributed by atoms with Gasteiger partial charge in [-0.1, -0.05) is 13.8 Å². The van der Waals surface area contributed by atoms with E-state index in [4.69, 9.17) is 4.99 Å². The summed E-state index contributed by atoms with van der Waals surface area (Å²) < 4.78 is 0. The van der Waals surface area contributed by atoms with Crippen LogP contribution in [-0.2, 0) is 0 Å². The highest BCUT2D eigenvalue weighted by molar-refractivity contribution is 5.85. The minimum Gasteiger partial charge on any atom is -0.317 e. The fourth-order valence-electron chi connectivity index (χ4n) is 2.46. The van der Waals surface area contributed by atoms with Crippen LogP contribution >= 0.6 is 0 Å². The van der Waals surface area contributed by atoms with Crippen molar-refractivity contribution in [2.75, 3.05) is 20.1 Å². The van der Waals surface area contributed by atoms with Crippen molar-refractivity contribution in [1.29, 1.82) is 0 Å². The molecule has 0 amide bonds. The maximum absolute atomic E-state index is 4.74. The molecule has 20 heavy (non-hydrogen) atoms. The Morgan fingerprint density at radius 3 is 2.45 bits per heavy atom. The molecule has 0 aromatic carbocycles. The summed E-state index contributed by atoms with van der Waals surface area (Å²) in [6.45, 7) is 6.14. The predicted octanol–water partition coefficient (Wildman–Crippen LogP) is 1.35. The SMILES string of the molecule is CC.CN1NC(C2CCNCC2)=NC1c1ncccn1. The predicted molar refractivity (Wildman–Crippen MR) is 80.0 cm³/mol. The topological polar surface area (TPSA) is 65.4 Å². The first-order valence-electron chi connectivity index (χ1n) is 7.39. The normalized spacial score (nSPS) is 23.6. The standard InChI is InChI=1S/C12H18N6.C2H6/c1-18-12(11-14-5-2-6-15-11)16-10(17-18)9-3-7-13-8-4-9;1-2/h2,5-6,9,12-13H,3-4,7-8H2,1H3,(H,16,17);1-2H3. The average molecular weight is 276 g/mol. The van der Waals surface area contributed by atoms with Gasteiger partial charge in [0.1, 0.15) is 5.84 Å². The lowest BCUT2D eigenvalue weighted by atomic mass is 9.97. The van der Waals surface area contributed by atoms with E-state index < -0.39 is 0 Å². The number of aliphatic imine (C=N–C) groups is 1. The monoisotopic (exact) mass is 276 g/mol. The molecule has 1 saturated heterocycles. The zero-order valence-corrected chi connectivity index (χ0v) is 12.5. The highest BCUT2D eigenvalue weighted by Gasteiger charge is 2.30. The van der Waals surface area contributed by atoms with E-state index in [2.05, 4.69) is 20.7 Å². The number of amidine groups is 1. The molecule has 6 nitrogen and oxygen atoms in total. The summed E-state index contributed by atoms with van der Waals surface area (Å²) in [5, 5.41) is 5.35. The first-order valence-corrected chi connectivity index (χ1v) is 7.39. The fraction of sp³-hybridized carbons (Fsp3) is 0.643. The van der Waals surface area contributed by atoms with Crippen molar-refractivity contribution >= 4 is 5.84 Å². The lowest BCUT2D eigenvalue weighted by molar-refractivity contribution is 0.231. The van der Waals surface area contributed by atoms with Gasteiger partial charge in [0.25, 0.3) is 0 Å². The molecule has 1 aromatic rings. The Bertz CT molecular complexity index is 427. The molecule has 110 valence electrons. The first kappa shape index (κ1) is 14.9. The number of piperidine rings is 1. The van der Waals surface area contributed by atoms with Crippen LogP contribution in [0.25, 0.3) is 0 Å². The van der Waals surface area contributed by atoms with Gasteiger partial charge in [0, 0.05) is 25.4 Å². The van der Waals surface area contributed by atoms with E-state index >= 15 is 0 Å². The van der Waals surface area contributed by atoms with Crippen LogP contribution in [0.15, 0.2) is 23.5 Å². The molecule has 1 unspecified atom stereocenters. The molecule has 2 aliphatic heterocycles. The van der Waals surface area contributed by atoms with Gasteiger partial charge in [-0.15, -0.1) is 0 Å². The summed E-state index contributed by atoms with van der Waals surface area (Å²) in [4.78, 5) is 13.3. The van der Waals surface area contributed by atoms with Gasteiger partial charge in [0.2, 0.25) is 0 Å². The Morgan fingerprint density at radius 2 is 1.80 bits per heavy atom. The number of hydrazine groups is 1. The van der Waals surface area contributed by atoms with Crippen molar-refractivity contribution < 1.29 is 0 Å². The highest BCUT2D eigenvalue weighted by Crippen LogP contribution is 2.24. The number of aromatic nitrogens is 2. The smallest absolute Gasteiger partial charge is 0.180 e. The Balaban J connectivity index is 0.000000704. The number of nitrogens with zero attached hydrogens (tertiary/aromatic N) is 4. The Labute approximate surface area is 120 Å². The van der Waals surface area contributed by atoms with E-state index in [0.717, 1.165) is 37.6 Å². The molecule has 3 rings (SSSR count). The molecule has 0 saturated carbocycles. The van der Waals surface area contributed by atoms with Crippen LogP contribution in [0, 0.1) is 5.92 Å². The summed E-state index contributed by atoms with van der Waals surface area (Å²) >= 11 is 0. The molecule has 1 aromatic heterocycles. The summed E-state index contributed by atoms with van der Waals surface area (Å²) in [6.07, 6.45) is 5.70. The second kappa shape index (κ2) is 7.31. The first-order chi connectivity index (χ1) is 9.84. The van der Waals surface area contributed by atoms with E-state index in [9.17, 15) is 0 Å². The van der Waals surface area contributed by atoms with Crippen LogP contribution in [-0.4, -0.2) is 40.9 Å². The lowest BCUT2D eigenvalue weighted by Gasteiger charge is -2.23. The van der Waals surface area contributed by atoms with Gasteiger partial charge >= 0.3 is 0 Å². The van der Waals surface area contributed by atoms with E-state index in [0.29, 0.717) is 5.92 Å². The van der Waals surface area contributed by atoms with E-state index in [1.165, 1.54) is 0 Å². The minimum absolute atomic E-state index is 0.101. The molecular formula is C14H24N6. The molecule has 2 aliphatic rings. The number of nitrogens with one attached hydrogen (secondary N) is 2. The quantitative estimate of drug-likeness (QED) is 0.853. The van der Waals surface area contributed by atoms with E-state index in [-0.39, 0.29) is 6.17 Å². The Kier molecular flexibility index (Phi) is 5.43. The van der Waals surface area contributed by atoms with Crippen LogP contribution in [0.5, 0.6) is 0 Å². The van der Waals surface area contributed by atoms with Gasteiger partial charge < -0.3 is 10.7 Å². The van der Waals surface area contributed by atoms with Gasteiger partial charge in [-0.05, 0) is 32.0 Å². The van der Waals surface area contributed by atoms with Crippen LogP contribution < -0.4 is 10.7 Å². The molecule has 2 N–H and O–H groups in total.